The fraction of sp³-hybridized carbons (Fsp3) is 1.00. The summed E-state index contributed by atoms with van der Waals surface area (Å²) in [5, 5.41) is 18.4. The number of hydrogen-bond donors (Lipinski definition) is 2. The highest BCUT2D eigenvalue weighted by molar-refractivity contribution is 4.80. The third kappa shape index (κ3) is 1.90. The van der Waals surface area contributed by atoms with Gasteiger partial charge in [0.25, 0.3) is 0 Å². The molecule has 4 nitrogen and oxygen atoms in total. The zero-order chi connectivity index (χ0) is 8.43. The Hall–Kier alpha value is -0.160. The van der Waals surface area contributed by atoms with Crippen LogP contribution in [0.3, 0.4) is 0 Å². The Labute approximate surface area is 65.7 Å². The lowest BCUT2D eigenvalue weighted by atomic mass is 10.0. The van der Waals surface area contributed by atoms with Gasteiger partial charge in [-0.05, 0) is 6.92 Å². The van der Waals surface area contributed by atoms with Crippen molar-refractivity contribution < 1.29 is 19.7 Å². The highest BCUT2D eigenvalue weighted by atomic mass is 16.6. The summed E-state index contributed by atoms with van der Waals surface area (Å²) in [5.41, 5.74) is 0. The first-order valence-corrected chi connectivity index (χ1v) is 3.69. The third-order valence-electron chi connectivity index (χ3n) is 1.93. The Balaban J connectivity index is 2.52. The number of hydrogen-bond acceptors (Lipinski definition) is 4. The summed E-state index contributed by atoms with van der Waals surface area (Å²) < 4.78 is 10.0. The lowest BCUT2D eigenvalue weighted by Crippen LogP contribution is -2.47. The molecule has 66 valence electrons. The van der Waals surface area contributed by atoms with Crippen LogP contribution in [0.25, 0.3) is 0 Å². The Morgan fingerprint density at radius 2 is 2.09 bits per heavy atom. The number of aliphatic hydroxyl groups is 2. The van der Waals surface area contributed by atoms with Crippen LogP contribution in [-0.4, -0.2) is 41.9 Å². The van der Waals surface area contributed by atoms with Gasteiger partial charge in [0, 0.05) is 13.5 Å². The molecule has 1 aliphatic rings. The molecule has 0 aromatic carbocycles. The second kappa shape index (κ2) is 3.49. The number of rotatable bonds is 1. The largest absolute Gasteiger partial charge is 0.390 e. The van der Waals surface area contributed by atoms with Gasteiger partial charge in [-0.3, -0.25) is 0 Å². The van der Waals surface area contributed by atoms with E-state index in [1.54, 1.807) is 6.92 Å². The predicted octanol–water partition coefficient (Wildman–Crippen LogP) is -0.510. The summed E-state index contributed by atoms with van der Waals surface area (Å²) in [7, 11) is 1.52. The zero-order valence-electron chi connectivity index (χ0n) is 6.73. The van der Waals surface area contributed by atoms with E-state index in [4.69, 9.17) is 14.6 Å². The van der Waals surface area contributed by atoms with Gasteiger partial charge in [-0.1, -0.05) is 0 Å². The molecule has 0 spiro atoms. The first-order valence-electron chi connectivity index (χ1n) is 3.69. The van der Waals surface area contributed by atoms with Crippen LogP contribution in [0.4, 0.5) is 0 Å². The first-order chi connectivity index (χ1) is 5.15. The van der Waals surface area contributed by atoms with Crippen LogP contribution >= 0.6 is 0 Å². The summed E-state index contributed by atoms with van der Waals surface area (Å²) >= 11 is 0. The molecule has 1 heterocycles. The van der Waals surface area contributed by atoms with Gasteiger partial charge < -0.3 is 19.7 Å². The van der Waals surface area contributed by atoms with Crippen LogP contribution < -0.4 is 0 Å². The van der Waals surface area contributed by atoms with E-state index < -0.39 is 12.4 Å². The molecule has 0 aliphatic carbocycles. The van der Waals surface area contributed by atoms with E-state index in [1.165, 1.54) is 7.11 Å². The Bertz CT molecular complexity index is 116. The molecule has 0 saturated carbocycles. The molecule has 0 amide bonds. The molecular formula is C7H14O4. The lowest BCUT2D eigenvalue weighted by molar-refractivity contribution is -0.232. The summed E-state index contributed by atoms with van der Waals surface area (Å²) in [6.07, 6.45) is -1.83. The molecule has 4 heteroatoms. The topological polar surface area (TPSA) is 58.9 Å². The molecule has 1 aliphatic heterocycles. The zero-order valence-corrected chi connectivity index (χ0v) is 6.73. The Kier molecular flexibility index (Phi) is 2.84. The molecule has 11 heavy (non-hydrogen) atoms. The van der Waals surface area contributed by atoms with E-state index in [2.05, 4.69) is 0 Å². The SMILES string of the molecule is CO[C@H]1[C@@H](O)C[C@H](O)O[C@@H]1C. The van der Waals surface area contributed by atoms with Gasteiger partial charge in [0.1, 0.15) is 6.10 Å². The number of methoxy groups -OCH3 is 1. The monoisotopic (exact) mass is 162 g/mol. The van der Waals surface area contributed by atoms with Crippen LogP contribution in [0.5, 0.6) is 0 Å². The van der Waals surface area contributed by atoms with Crippen LogP contribution in [0, 0.1) is 0 Å². The summed E-state index contributed by atoms with van der Waals surface area (Å²) in [5.74, 6) is 0. The summed E-state index contributed by atoms with van der Waals surface area (Å²) in [4.78, 5) is 0. The second-order valence-corrected chi connectivity index (χ2v) is 2.80. The molecule has 4 atom stereocenters. The van der Waals surface area contributed by atoms with E-state index in [0.717, 1.165) is 0 Å². The van der Waals surface area contributed by atoms with Crippen LogP contribution in [-0.2, 0) is 9.47 Å². The van der Waals surface area contributed by atoms with E-state index >= 15 is 0 Å². The van der Waals surface area contributed by atoms with Crippen LogP contribution in [0.1, 0.15) is 13.3 Å². The van der Waals surface area contributed by atoms with Gasteiger partial charge in [-0.15, -0.1) is 0 Å². The Morgan fingerprint density at radius 1 is 1.45 bits per heavy atom. The van der Waals surface area contributed by atoms with Crippen molar-refractivity contribution in [3.05, 3.63) is 0 Å². The van der Waals surface area contributed by atoms with Crippen molar-refractivity contribution in [3.63, 3.8) is 0 Å². The minimum Gasteiger partial charge on any atom is -0.390 e. The van der Waals surface area contributed by atoms with Crippen molar-refractivity contribution in [1.82, 2.24) is 0 Å². The van der Waals surface area contributed by atoms with Gasteiger partial charge in [0.15, 0.2) is 6.29 Å². The molecule has 2 N–H and O–H groups in total. The molecule has 0 radical (unpaired) electrons. The predicted molar refractivity (Wildman–Crippen MR) is 38.0 cm³/mol. The first kappa shape index (κ1) is 8.93. The molecule has 0 unspecified atom stereocenters. The maximum atomic E-state index is 9.34. The quantitative estimate of drug-likeness (QED) is 0.545. The van der Waals surface area contributed by atoms with Crippen LogP contribution in [0.15, 0.2) is 0 Å². The van der Waals surface area contributed by atoms with E-state index in [0.29, 0.717) is 0 Å². The van der Waals surface area contributed by atoms with Crippen molar-refractivity contribution in [2.24, 2.45) is 0 Å². The Morgan fingerprint density at radius 3 is 2.55 bits per heavy atom. The second-order valence-electron chi connectivity index (χ2n) is 2.80. The fourth-order valence-corrected chi connectivity index (χ4v) is 1.38. The maximum Gasteiger partial charge on any atom is 0.157 e. The highest BCUT2D eigenvalue weighted by Crippen LogP contribution is 2.20. The minimum absolute atomic E-state index is 0.225. The molecule has 0 bridgehead atoms. The molecule has 1 saturated heterocycles. The fourth-order valence-electron chi connectivity index (χ4n) is 1.38. The van der Waals surface area contributed by atoms with Gasteiger partial charge in [0.05, 0.1) is 12.2 Å². The standard InChI is InChI=1S/C7H14O4/c1-4-7(10-2)5(8)3-6(9)11-4/h4-9H,3H2,1-2H3/t4-,5+,6-,7-/m1/s1. The maximum absolute atomic E-state index is 9.34. The summed E-state index contributed by atoms with van der Waals surface area (Å²) in [6, 6.07) is 0. The molecule has 1 fully saturated rings. The average molecular weight is 162 g/mol. The van der Waals surface area contributed by atoms with Crippen molar-refractivity contribution >= 4 is 0 Å². The van der Waals surface area contributed by atoms with Crippen molar-refractivity contribution in [2.45, 2.75) is 37.9 Å². The van der Waals surface area contributed by atoms with E-state index in [9.17, 15) is 5.11 Å². The average Bonchev–Trinajstić information content (AvgIpc) is 1.85. The molecule has 0 aromatic rings. The molecule has 0 aromatic heterocycles. The van der Waals surface area contributed by atoms with Gasteiger partial charge >= 0.3 is 0 Å². The minimum atomic E-state index is -0.855. The van der Waals surface area contributed by atoms with Crippen LogP contribution in [0.2, 0.25) is 0 Å². The smallest absolute Gasteiger partial charge is 0.157 e. The van der Waals surface area contributed by atoms with E-state index in [-0.39, 0.29) is 18.6 Å². The van der Waals surface area contributed by atoms with Crippen molar-refractivity contribution in [2.75, 3.05) is 7.11 Å². The lowest BCUT2D eigenvalue weighted by Gasteiger charge is -2.34. The van der Waals surface area contributed by atoms with Crippen molar-refractivity contribution in [3.8, 4) is 0 Å². The van der Waals surface area contributed by atoms with Gasteiger partial charge in [-0.2, -0.15) is 0 Å². The normalized spacial score (nSPS) is 45.8. The van der Waals surface area contributed by atoms with E-state index in [1.807, 2.05) is 0 Å². The number of ether oxygens (including phenoxy) is 2. The van der Waals surface area contributed by atoms with Crippen molar-refractivity contribution in [1.29, 1.82) is 0 Å². The number of aliphatic hydroxyl groups excluding tert-OH is 2. The third-order valence-corrected chi connectivity index (χ3v) is 1.93. The molecular weight excluding hydrogens is 148 g/mol. The summed E-state index contributed by atoms with van der Waals surface area (Å²) in [6.45, 7) is 1.76. The molecule has 1 rings (SSSR count). The van der Waals surface area contributed by atoms with Gasteiger partial charge in [-0.25, -0.2) is 0 Å². The highest BCUT2D eigenvalue weighted by Gasteiger charge is 2.34. The van der Waals surface area contributed by atoms with Gasteiger partial charge in [0.2, 0.25) is 0 Å².